The predicted molar refractivity (Wildman–Crippen MR) is 101 cm³/mol. The summed E-state index contributed by atoms with van der Waals surface area (Å²) in [6.07, 6.45) is 1.90. The van der Waals surface area contributed by atoms with E-state index >= 15 is 0 Å². The van der Waals surface area contributed by atoms with Gasteiger partial charge in [-0.1, -0.05) is 24.9 Å². The zero-order valence-electron chi connectivity index (χ0n) is 14.1. The molecule has 0 aliphatic carbocycles. The van der Waals surface area contributed by atoms with Gasteiger partial charge in [-0.2, -0.15) is 0 Å². The first-order valence-electron chi connectivity index (χ1n) is 8.01. The topological polar surface area (TPSA) is 75.3 Å². The molecule has 0 fully saturated rings. The van der Waals surface area contributed by atoms with Crippen LogP contribution in [-0.4, -0.2) is 20.4 Å². The number of anilines is 1. The van der Waals surface area contributed by atoms with Crippen LogP contribution in [0.15, 0.2) is 53.4 Å². The Hall–Kier alpha value is -2.05. The Balaban J connectivity index is 2.07. The summed E-state index contributed by atoms with van der Waals surface area (Å²) in [6, 6.07) is 12.3. The SMILES string of the molecule is CCCC(C)NC(=O)c1ccc(NS(=O)(=O)c2ccc(Cl)cc2)cc1. The van der Waals surface area contributed by atoms with Gasteiger partial charge in [0.2, 0.25) is 0 Å². The Morgan fingerprint density at radius 1 is 1.08 bits per heavy atom. The smallest absolute Gasteiger partial charge is 0.261 e. The van der Waals surface area contributed by atoms with Crippen LogP contribution in [0.25, 0.3) is 0 Å². The molecule has 25 heavy (non-hydrogen) atoms. The fourth-order valence-electron chi connectivity index (χ4n) is 2.33. The van der Waals surface area contributed by atoms with E-state index in [1.54, 1.807) is 24.3 Å². The van der Waals surface area contributed by atoms with Gasteiger partial charge in [-0.15, -0.1) is 0 Å². The average Bonchev–Trinajstić information content (AvgIpc) is 2.55. The maximum atomic E-state index is 12.3. The molecule has 2 aromatic carbocycles. The number of nitrogens with one attached hydrogen (secondary N) is 2. The Bertz CT molecular complexity index is 818. The molecule has 0 aromatic heterocycles. The Kier molecular flexibility index (Phi) is 6.45. The van der Waals surface area contributed by atoms with Gasteiger partial charge in [0, 0.05) is 22.3 Å². The van der Waals surface area contributed by atoms with E-state index < -0.39 is 10.0 Å². The number of sulfonamides is 1. The number of halogens is 1. The van der Waals surface area contributed by atoms with Crippen molar-refractivity contribution in [3.05, 3.63) is 59.1 Å². The molecule has 0 saturated heterocycles. The van der Waals surface area contributed by atoms with Crippen LogP contribution in [0.2, 0.25) is 5.02 Å². The summed E-state index contributed by atoms with van der Waals surface area (Å²) in [5.74, 6) is -0.173. The summed E-state index contributed by atoms with van der Waals surface area (Å²) in [7, 11) is -3.70. The van der Waals surface area contributed by atoms with Gasteiger partial charge < -0.3 is 5.32 Å². The van der Waals surface area contributed by atoms with Crippen molar-refractivity contribution in [2.75, 3.05) is 4.72 Å². The fourth-order valence-corrected chi connectivity index (χ4v) is 3.51. The van der Waals surface area contributed by atoms with Crippen molar-refractivity contribution in [1.82, 2.24) is 5.32 Å². The van der Waals surface area contributed by atoms with E-state index in [1.807, 2.05) is 6.92 Å². The summed E-state index contributed by atoms with van der Waals surface area (Å²) in [6.45, 7) is 4.01. The summed E-state index contributed by atoms with van der Waals surface area (Å²) in [4.78, 5) is 12.2. The number of carbonyl (C=O) groups excluding carboxylic acids is 1. The molecule has 0 aliphatic heterocycles. The zero-order valence-corrected chi connectivity index (χ0v) is 15.7. The molecular weight excluding hydrogens is 360 g/mol. The highest BCUT2D eigenvalue weighted by Crippen LogP contribution is 2.18. The van der Waals surface area contributed by atoms with Crippen LogP contribution in [0.3, 0.4) is 0 Å². The third-order valence-electron chi connectivity index (χ3n) is 3.62. The lowest BCUT2D eigenvalue weighted by Crippen LogP contribution is -2.32. The minimum Gasteiger partial charge on any atom is -0.350 e. The molecule has 5 nitrogen and oxygen atoms in total. The Morgan fingerprint density at radius 3 is 2.24 bits per heavy atom. The lowest BCUT2D eigenvalue weighted by Gasteiger charge is -2.13. The van der Waals surface area contributed by atoms with Gasteiger partial charge in [0.15, 0.2) is 0 Å². The third-order valence-corrected chi connectivity index (χ3v) is 5.27. The summed E-state index contributed by atoms with van der Waals surface area (Å²) < 4.78 is 27.1. The molecule has 1 unspecified atom stereocenters. The van der Waals surface area contributed by atoms with Gasteiger partial charge in [-0.25, -0.2) is 8.42 Å². The predicted octanol–water partition coefficient (Wildman–Crippen LogP) is 4.06. The standard InChI is InChI=1S/C18H21ClN2O3S/c1-3-4-13(2)20-18(22)14-5-9-16(10-6-14)21-25(23,24)17-11-7-15(19)8-12-17/h5-13,21H,3-4H2,1-2H3,(H,20,22). The molecule has 0 bridgehead atoms. The van der Waals surface area contributed by atoms with Crippen LogP contribution in [0.5, 0.6) is 0 Å². The Labute approximate surface area is 153 Å². The largest absolute Gasteiger partial charge is 0.350 e. The monoisotopic (exact) mass is 380 g/mol. The minimum atomic E-state index is -3.70. The van der Waals surface area contributed by atoms with Crippen LogP contribution >= 0.6 is 11.6 Å². The van der Waals surface area contributed by atoms with E-state index in [9.17, 15) is 13.2 Å². The molecule has 0 radical (unpaired) electrons. The molecule has 0 heterocycles. The van der Waals surface area contributed by atoms with E-state index in [-0.39, 0.29) is 16.8 Å². The second-order valence-corrected chi connectivity index (χ2v) is 7.92. The molecule has 1 amide bonds. The first kappa shape index (κ1) is 19.3. The van der Waals surface area contributed by atoms with Crippen LogP contribution in [0.1, 0.15) is 37.0 Å². The van der Waals surface area contributed by atoms with Crippen molar-refractivity contribution in [2.24, 2.45) is 0 Å². The summed E-state index contributed by atoms with van der Waals surface area (Å²) in [5, 5.41) is 3.37. The molecule has 2 rings (SSSR count). The molecule has 2 N–H and O–H groups in total. The first-order chi connectivity index (χ1) is 11.8. The quantitative estimate of drug-likeness (QED) is 0.760. The lowest BCUT2D eigenvalue weighted by molar-refractivity contribution is 0.0938. The van der Waals surface area contributed by atoms with Crippen molar-refractivity contribution < 1.29 is 13.2 Å². The number of carbonyl (C=O) groups is 1. The highest BCUT2D eigenvalue weighted by atomic mass is 35.5. The van der Waals surface area contributed by atoms with Gasteiger partial charge in [0.1, 0.15) is 0 Å². The van der Waals surface area contributed by atoms with Crippen molar-refractivity contribution in [2.45, 2.75) is 37.6 Å². The number of hydrogen-bond acceptors (Lipinski definition) is 3. The molecule has 0 spiro atoms. The fraction of sp³-hybridized carbons (Fsp3) is 0.278. The van der Waals surface area contributed by atoms with E-state index in [1.165, 1.54) is 24.3 Å². The average molecular weight is 381 g/mol. The van der Waals surface area contributed by atoms with Crippen molar-refractivity contribution in [3.8, 4) is 0 Å². The molecule has 7 heteroatoms. The molecule has 134 valence electrons. The number of amides is 1. The lowest BCUT2D eigenvalue weighted by atomic mass is 10.1. The Morgan fingerprint density at radius 2 is 1.68 bits per heavy atom. The van der Waals surface area contributed by atoms with Gasteiger partial charge in [0.05, 0.1) is 4.90 Å². The van der Waals surface area contributed by atoms with Gasteiger partial charge in [-0.3, -0.25) is 9.52 Å². The third kappa shape index (κ3) is 5.47. The van der Waals surface area contributed by atoms with Gasteiger partial charge in [0.25, 0.3) is 15.9 Å². The van der Waals surface area contributed by atoms with Crippen LogP contribution < -0.4 is 10.0 Å². The summed E-state index contributed by atoms with van der Waals surface area (Å²) >= 11 is 5.77. The second kappa shape index (κ2) is 8.36. The molecule has 0 saturated carbocycles. The first-order valence-corrected chi connectivity index (χ1v) is 9.87. The van der Waals surface area contributed by atoms with E-state index in [2.05, 4.69) is 17.0 Å². The van der Waals surface area contributed by atoms with Crippen molar-refractivity contribution in [1.29, 1.82) is 0 Å². The maximum absolute atomic E-state index is 12.3. The van der Waals surface area contributed by atoms with E-state index in [4.69, 9.17) is 11.6 Å². The molecular formula is C18H21ClN2O3S. The van der Waals surface area contributed by atoms with Crippen molar-refractivity contribution >= 4 is 33.2 Å². The number of benzene rings is 2. The van der Waals surface area contributed by atoms with Crippen LogP contribution in [-0.2, 0) is 10.0 Å². The minimum absolute atomic E-state index is 0.0978. The van der Waals surface area contributed by atoms with E-state index in [0.29, 0.717) is 16.3 Å². The number of hydrogen-bond donors (Lipinski definition) is 2. The number of rotatable bonds is 7. The summed E-state index contributed by atoms with van der Waals surface area (Å²) in [5.41, 5.74) is 0.866. The normalized spacial score (nSPS) is 12.4. The maximum Gasteiger partial charge on any atom is 0.261 e. The molecule has 0 aliphatic rings. The second-order valence-electron chi connectivity index (χ2n) is 5.80. The van der Waals surface area contributed by atoms with Crippen molar-refractivity contribution in [3.63, 3.8) is 0 Å². The highest BCUT2D eigenvalue weighted by molar-refractivity contribution is 7.92. The van der Waals surface area contributed by atoms with Gasteiger partial charge in [-0.05, 0) is 61.9 Å². The molecule has 1 atom stereocenters. The zero-order chi connectivity index (χ0) is 18.4. The highest BCUT2D eigenvalue weighted by Gasteiger charge is 2.15. The van der Waals surface area contributed by atoms with Crippen LogP contribution in [0.4, 0.5) is 5.69 Å². The van der Waals surface area contributed by atoms with Crippen LogP contribution in [0, 0.1) is 0 Å². The van der Waals surface area contributed by atoms with E-state index in [0.717, 1.165) is 12.8 Å². The van der Waals surface area contributed by atoms with Gasteiger partial charge >= 0.3 is 0 Å². The molecule has 2 aromatic rings.